The van der Waals surface area contributed by atoms with Crippen molar-refractivity contribution in [2.24, 2.45) is 0 Å². The molecule has 11 nitrogen and oxygen atoms in total. The molecule has 0 bridgehead atoms. The predicted octanol–water partition coefficient (Wildman–Crippen LogP) is 4.37. The first kappa shape index (κ1) is 29.2. The number of hydrogen-bond acceptors (Lipinski definition) is 8. The van der Waals surface area contributed by atoms with Crippen molar-refractivity contribution in [1.29, 1.82) is 0 Å². The number of nitrogens with zero attached hydrogens (tertiary/aromatic N) is 1. The minimum Gasteiger partial charge on any atom is -0.507 e. The van der Waals surface area contributed by atoms with Crippen LogP contribution in [0.1, 0.15) is 38.8 Å². The molecular formula is C31H26N2O9. The summed E-state index contributed by atoms with van der Waals surface area (Å²) in [6, 6.07) is 24.6. The van der Waals surface area contributed by atoms with Crippen molar-refractivity contribution in [1.82, 2.24) is 10.4 Å². The molecule has 0 aliphatic rings. The molecule has 0 heterocycles. The van der Waals surface area contributed by atoms with E-state index < -0.39 is 36.4 Å². The van der Waals surface area contributed by atoms with Crippen molar-refractivity contribution in [2.45, 2.75) is 13.2 Å². The highest BCUT2D eigenvalue weighted by Crippen LogP contribution is 2.28. The molecule has 0 spiro atoms. The third-order valence-corrected chi connectivity index (χ3v) is 6.02. The Morgan fingerprint density at radius 3 is 1.69 bits per heavy atom. The van der Waals surface area contributed by atoms with Gasteiger partial charge in [-0.2, -0.15) is 0 Å². The fourth-order valence-electron chi connectivity index (χ4n) is 3.98. The Labute approximate surface area is 240 Å². The van der Waals surface area contributed by atoms with Gasteiger partial charge in [-0.15, -0.1) is 0 Å². The molecule has 214 valence electrons. The Balaban J connectivity index is 1.42. The number of carboxylic acid groups (broad SMARTS) is 1. The molecule has 11 heteroatoms. The Kier molecular flexibility index (Phi) is 9.03. The summed E-state index contributed by atoms with van der Waals surface area (Å²) in [7, 11) is 0. The number of amides is 2. The molecule has 0 saturated heterocycles. The average molecular weight is 571 g/mol. The Hall–Kier alpha value is -5.84. The van der Waals surface area contributed by atoms with Gasteiger partial charge in [0, 0.05) is 23.3 Å². The van der Waals surface area contributed by atoms with E-state index in [1.54, 1.807) is 60.7 Å². The molecule has 1 unspecified atom stereocenters. The van der Waals surface area contributed by atoms with Crippen molar-refractivity contribution < 1.29 is 44.0 Å². The summed E-state index contributed by atoms with van der Waals surface area (Å²) in [5.74, 6) is -2.28. The lowest BCUT2D eigenvalue weighted by Gasteiger charge is -2.28. The van der Waals surface area contributed by atoms with E-state index in [1.807, 2.05) is 5.43 Å². The van der Waals surface area contributed by atoms with Gasteiger partial charge in [0.2, 0.25) is 0 Å². The number of benzene rings is 4. The number of hydrogen-bond donors (Lipinski definition) is 4. The zero-order valence-electron chi connectivity index (χ0n) is 22.3. The van der Waals surface area contributed by atoms with E-state index in [2.05, 4.69) is 0 Å². The van der Waals surface area contributed by atoms with Gasteiger partial charge in [0.15, 0.2) is 24.4 Å². The quantitative estimate of drug-likeness (QED) is 0.123. The number of ketones is 2. The number of carbonyl (C=O) groups excluding carboxylic acids is 3. The van der Waals surface area contributed by atoms with Crippen LogP contribution >= 0.6 is 0 Å². The van der Waals surface area contributed by atoms with E-state index in [-0.39, 0.29) is 34.1 Å². The molecule has 0 aromatic heterocycles. The normalized spacial score (nSPS) is 11.2. The molecule has 4 N–H and O–H groups in total. The minimum absolute atomic E-state index is 0.0333. The second-order valence-electron chi connectivity index (χ2n) is 8.93. The fraction of sp³-hybridized carbons (Fsp3) is 0.0968. The number of phenolic OH excluding ortho intramolecular Hbond substituents is 2. The van der Waals surface area contributed by atoms with Crippen LogP contribution in [0.2, 0.25) is 0 Å². The van der Waals surface area contributed by atoms with Crippen LogP contribution in [-0.4, -0.2) is 56.7 Å². The van der Waals surface area contributed by atoms with Crippen LogP contribution in [0.5, 0.6) is 23.0 Å². The van der Waals surface area contributed by atoms with Crippen LogP contribution in [0, 0.1) is 0 Å². The number of nitrogens with one attached hydrogen (secondary N) is 1. The van der Waals surface area contributed by atoms with Gasteiger partial charge in [0.1, 0.15) is 23.0 Å². The van der Waals surface area contributed by atoms with Gasteiger partial charge in [-0.05, 0) is 31.2 Å². The van der Waals surface area contributed by atoms with Gasteiger partial charge in [-0.1, -0.05) is 60.7 Å². The lowest BCUT2D eigenvalue weighted by atomic mass is 10.0. The smallest absolute Gasteiger partial charge is 0.423 e. The summed E-state index contributed by atoms with van der Waals surface area (Å²) in [5.41, 5.74) is 2.77. The molecule has 0 aliphatic carbocycles. The highest BCUT2D eigenvalue weighted by molar-refractivity contribution is 6.11. The van der Waals surface area contributed by atoms with Crippen LogP contribution in [0.15, 0.2) is 97.1 Å². The number of phenols is 2. The molecule has 0 saturated carbocycles. The molecule has 42 heavy (non-hydrogen) atoms. The Morgan fingerprint density at radius 1 is 0.738 bits per heavy atom. The topological polar surface area (TPSA) is 163 Å². The molecule has 0 fully saturated rings. The molecule has 4 rings (SSSR count). The third kappa shape index (κ3) is 7.02. The summed E-state index contributed by atoms with van der Waals surface area (Å²) in [4.78, 5) is 49.6. The first-order valence-corrected chi connectivity index (χ1v) is 12.6. The van der Waals surface area contributed by atoms with E-state index in [4.69, 9.17) is 9.47 Å². The number of ether oxygens (including phenoxy) is 2. The minimum atomic E-state index is -1.55. The summed E-state index contributed by atoms with van der Waals surface area (Å²) in [6.07, 6.45) is -2.77. The first-order valence-electron chi connectivity index (χ1n) is 12.6. The van der Waals surface area contributed by atoms with Gasteiger partial charge in [0.05, 0.1) is 11.1 Å². The maximum absolute atomic E-state index is 12.9. The summed E-state index contributed by atoms with van der Waals surface area (Å²) >= 11 is 0. The summed E-state index contributed by atoms with van der Waals surface area (Å²) in [5, 5.41) is 30.7. The van der Waals surface area contributed by atoms with Crippen LogP contribution in [-0.2, 0) is 4.79 Å². The van der Waals surface area contributed by atoms with Gasteiger partial charge < -0.3 is 24.8 Å². The molecule has 2 amide bonds. The lowest BCUT2D eigenvalue weighted by Crippen LogP contribution is -2.54. The van der Waals surface area contributed by atoms with E-state index >= 15 is 0 Å². The molecule has 1 atom stereocenters. The standard InChI is InChI=1S/C31H26N2O9/c1-19(42-23-13-15-25(27(35)17-23)30(38)21-10-6-3-7-11-21)33(32-31(39)40)28(36)18-41-22-12-14-24(26(34)16-22)29(37)20-8-4-2-5-9-20/h2-17,19,32,34-35H,18H2,1H3,(H,39,40). The second-order valence-corrected chi connectivity index (χ2v) is 8.93. The number of rotatable bonds is 10. The first-order chi connectivity index (χ1) is 20.1. The zero-order chi connectivity index (χ0) is 30.2. The molecule has 4 aromatic rings. The van der Waals surface area contributed by atoms with Gasteiger partial charge in [0.25, 0.3) is 5.91 Å². The van der Waals surface area contributed by atoms with E-state index in [9.17, 15) is 34.5 Å². The highest BCUT2D eigenvalue weighted by Gasteiger charge is 2.25. The van der Waals surface area contributed by atoms with Crippen LogP contribution < -0.4 is 14.9 Å². The van der Waals surface area contributed by atoms with Crippen molar-refractivity contribution in [3.63, 3.8) is 0 Å². The van der Waals surface area contributed by atoms with Crippen molar-refractivity contribution in [2.75, 3.05) is 6.61 Å². The maximum atomic E-state index is 12.9. The van der Waals surface area contributed by atoms with Gasteiger partial charge in [-0.25, -0.2) is 15.2 Å². The molecule has 4 aromatic carbocycles. The summed E-state index contributed by atoms with van der Waals surface area (Å²) in [6.45, 7) is 0.721. The van der Waals surface area contributed by atoms with Crippen molar-refractivity contribution in [3.8, 4) is 23.0 Å². The Bertz CT molecular complexity index is 1610. The average Bonchev–Trinajstić information content (AvgIpc) is 2.99. The van der Waals surface area contributed by atoms with Gasteiger partial charge in [-0.3, -0.25) is 14.4 Å². The molecule has 0 aliphatic heterocycles. The monoisotopic (exact) mass is 570 g/mol. The highest BCUT2D eigenvalue weighted by atomic mass is 16.5. The second kappa shape index (κ2) is 13.0. The van der Waals surface area contributed by atoms with E-state index in [1.165, 1.54) is 43.3 Å². The molecule has 0 radical (unpaired) electrons. The fourth-order valence-corrected chi connectivity index (χ4v) is 3.98. The van der Waals surface area contributed by atoms with Gasteiger partial charge >= 0.3 is 6.09 Å². The SMILES string of the molecule is CC(Oc1ccc(C(=O)c2ccccc2)c(O)c1)N(NC(=O)O)C(=O)COc1ccc(C(=O)c2ccccc2)c(O)c1. The number of hydrazine groups is 1. The van der Waals surface area contributed by atoms with E-state index in [0.717, 1.165) is 0 Å². The summed E-state index contributed by atoms with van der Waals surface area (Å²) < 4.78 is 11.1. The number of carbonyl (C=O) groups is 4. The zero-order valence-corrected chi connectivity index (χ0v) is 22.3. The van der Waals surface area contributed by atoms with Crippen LogP contribution in [0.4, 0.5) is 4.79 Å². The van der Waals surface area contributed by atoms with E-state index in [0.29, 0.717) is 16.1 Å². The van der Waals surface area contributed by atoms with Crippen molar-refractivity contribution in [3.05, 3.63) is 119 Å². The number of aromatic hydroxyl groups is 2. The molecular weight excluding hydrogens is 544 g/mol. The largest absolute Gasteiger partial charge is 0.507 e. The predicted molar refractivity (Wildman–Crippen MR) is 150 cm³/mol. The van der Waals surface area contributed by atoms with Crippen molar-refractivity contribution >= 4 is 23.6 Å². The maximum Gasteiger partial charge on any atom is 0.423 e. The third-order valence-electron chi connectivity index (χ3n) is 6.02. The lowest BCUT2D eigenvalue weighted by molar-refractivity contribution is -0.145. The van der Waals surface area contributed by atoms with Crippen LogP contribution in [0.3, 0.4) is 0 Å². The van der Waals surface area contributed by atoms with Crippen LogP contribution in [0.25, 0.3) is 0 Å². The Morgan fingerprint density at radius 2 is 1.21 bits per heavy atom.